The van der Waals surface area contributed by atoms with Crippen LogP contribution in [0.5, 0.6) is 0 Å². The molecular weight excluding hydrogens is 414 g/mol. The summed E-state index contributed by atoms with van der Waals surface area (Å²) in [6.45, 7) is 3.10. The van der Waals surface area contributed by atoms with Gasteiger partial charge in [-0.05, 0) is 24.7 Å². The molecule has 0 bridgehead atoms. The third-order valence-corrected chi connectivity index (χ3v) is 7.02. The second-order valence-corrected chi connectivity index (χ2v) is 9.55. The number of aromatic nitrogens is 2. The van der Waals surface area contributed by atoms with E-state index >= 15 is 0 Å². The molecule has 31 heavy (non-hydrogen) atoms. The van der Waals surface area contributed by atoms with Crippen LogP contribution in [-0.2, 0) is 22.2 Å². The van der Waals surface area contributed by atoms with Gasteiger partial charge in [0.2, 0.25) is 5.60 Å². The molecule has 3 N–H and O–H groups in total. The van der Waals surface area contributed by atoms with Crippen LogP contribution in [0.1, 0.15) is 33.7 Å². The number of benzene rings is 1. The molecule has 2 aliphatic heterocycles. The van der Waals surface area contributed by atoms with Gasteiger partial charge in [0.25, 0.3) is 11.8 Å². The van der Waals surface area contributed by atoms with E-state index in [2.05, 4.69) is 16.9 Å². The summed E-state index contributed by atoms with van der Waals surface area (Å²) in [4.78, 5) is 25.6. The van der Waals surface area contributed by atoms with E-state index in [1.165, 1.54) is 4.90 Å². The lowest BCUT2D eigenvalue weighted by atomic mass is 10.0. The van der Waals surface area contributed by atoms with Crippen molar-refractivity contribution < 1.29 is 19.2 Å². The summed E-state index contributed by atoms with van der Waals surface area (Å²) in [7, 11) is -0.253. The summed E-state index contributed by atoms with van der Waals surface area (Å²) in [6.07, 6.45) is 0.844. The number of nitrogens with zero attached hydrogens (tertiary/aromatic N) is 4. The molecule has 9 nitrogen and oxygen atoms in total. The number of fused-ring (bicyclic) bond motifs is 1. The summed E-state index contributed by atoms with van der Waals surface area (Å²) in [5, 5.41) is 14.9. The number of carbonyl (C=O) groups excluding carboxylic acids is 2. The second kappa shape index (κ2) is 7.75. The fourth-order valence-electron chi connectivity index (χ4n) is 3.96. The van der Waals surface area contributed by atoms with Crippen molar-refractivity contribution in [2.24, 2.45) is 5.73 Å². The number of likely N-dealkylation sites (N-methyl/N-ethyl adjacent to an activating group) is 1. The van der Waals surface area contributed by atoms with Gasteiger partial charge in [-0.2, -0.15) is 5.10 Å². The molecule has 2 aliphatic rings. The zero-order chi connectivity index (χ0) is 22.3. The van der Waals surface area contributed by atoms with Gasteiger partial charge in [0.15, 0.2) is 5.69 Å². The van der Waals surface area contributed by atoms with Crippen molar-refractivity contribution >= 4 is 20.7 Å². The molecule has 1 fully saturated rings. The van der Waals surface area contributed by atoms with Gasteiger partial charge >= 0.3 is 8.84 Å². The lowest BCUT2D eigenvalue weighted by Crippen LogP contribution is -2.37. The maximum Gasteiger partial charge on any atom is 0.391 e. The van der Waals surface area contributed by atoms with Gasteiger partial charge in [0.1, 0.15) is 0 Å². The Morgan fingerprint density at radius 1 is 1.35 bits per heavy atom. The van der Waals surface area contributed by atoms with Gasteiger partial charge in [0, 0.05) is 50.7 Å². The predicted molar refractivity (Wildman–Crippen MR) is 113 cm³/mol. The highest BCUT2D eigenvalue weighted by molar-refractivity contribution is 6.37. The van der Waals surface area contributed by atoms with Crippen LogP contribution in [0.15, 0.2) is 24.3 Å². The standard InChI is InChI=1S/C21H23N5O4Si/c1-24-11-9-21(29,20(24)28)8-6-14-4-3-5-15(12-14)26-17-7-10-25(31(2)30)13-16(17)18(23-26)19(22)27/h3-5,12,29H,7,9-11,13H2,1-2H3,(H2,22,27). The third kappa shape index (κ3) is 3.78. The fraction of sp³-hybridized carbons (Fsp3) is 0.381. The van der Waals surface area contributed by atoms with Gasteiger partial charge in [-0.25, -0.2) is 4.68 Å². The van der Waals surface area contributed by atoms with Crippen LogP contribution in [0.4, 0.5) is 0 Å². The van der Waals surface area contributed by atoms with Crippen molar-refractivity contribution in [1.29, 1.82) is 0 Å². The number of hydrogen-bond donors (Lipinski definition) is 2. The van der Waals surface area contributed by atoms with Crippen molar-refractivity contribution in [3.8, 4) is 17.5 Å². The van der Waals surface area contributed by atoms with Crippen LogP contribution in [-0.4, -0.2) is 70.7 Å². The first kappa shape index (κ1) is 21.0. The van der Waals surface area contributed by atoms with Crippen molar-refractivity contribution in [1.82, 2.24) is 19.2 Å². The van der Waals surface area contributed by atoms with Gasteiger partial charge in [-0.15, -0.1) is 0 Å². The predicted octanol–water partition coefficient (Wildman–Crippen LogP) is -0.177. The molecule has 3 heterocycles. The van der Waals surface area contributed by atoms with Crippen LogP contribution in [0, 0.1) is 11.8 Å². The maximum absolute atomic E-state index is 12.1. The molecule has 2 amide bonds. The van der Waals surface area contributed by atoms with Crippen LogP contribution in [0.25, 0.3) is 5.69 Å². The highest BCUT2D eigenvalue weighted by Gasteiger charge is 2.42. The number of carbonyl (C=O) groups is 2. The zero-order valence-corrected chi connectivity index (χ0v) is 18.4. The van der Waals surface area contributed by atoms with Crippen LogP contribution in [0.2, 0.25) is 6.55 Å². The van der Waals surface area contributed by atoms with E-state index in [1.54, 1.807) is 36.5 Å². The molecule has 1 unspecified atom stereocenters. The van der Waals surface area contributed by atoms with E-state index in [4.69, 9.17) is 5.73 Å². The normalized spacial score (nSPS) is 20.3. The largest absolute Gasteiger partial charge is 0.391 e. The summed E-state index contributed by atoms with van der Waals surface area (Å²) in [6, 6.07) is 7.19. The first-order valence-corrected chi connectivity index (χ1v) is 11.8. The first-order chi connectivity index (χ1) is 14.7. The Balaban J connectivity index is 1.71. The highest BCUT2D eigenvalue weighted by Crippen LogP contribution is 2.26. The Labute approximate surface area is 181 Å². The molecular formula is C21H23N5O4Si. The lowest BCUT2D eigenvalue weighted by molar-refractivity contribution is -0.137. The summed E-state index contributed by atoms with van der Waals surface area (Å²) in [5.41, 5.74) is 6.90. The van der Waals surface area contributed by atoms with Crippen molar-refractivity contribution in [2.45, 2.75) is 31.5 Å². The minimum absolute atomic E-state index is 0.174. The smallest absolute Gasteiger partial charge is 0.373 e. The SMILES string of the molecule is CN1CCC(O)(C#Cc2cccc(-n3nc(C(N)=O)c4c3CCN([Si](C)=O)C4)c2)C1=O. The van der Waals surface area contributed by atoms with Gasteiger partial charge in [-0.1, -0.05) is 17.9 Å². The van der Waals surface area contributed by atoms with E-state index in [0.717, 1.165) is 5.69 Å². The zero-order valence-electron chi connectivity index (χ0n) is 17.4. The maximum atomic E-state index is 12.1. The topological polar surface area (TPSA) is 122 Å². The minimum Gasteiger partial charge on any atom is -0.373 e. The van der Waals surface area contributed by atoms with Gasteiger partial charge in [-0.3, -0.25) is 9.59 Å². The molecule has 160 valence electrons. The number of aliphatic hydroxyl groups is 1. The molecule has 1 saturated heterocycles. The monoisotopic (exact) mass is 437 g/mol. The lowest BCUT2D eigenvalue weighted by Gasteiger charge is -2.26. The van der Waals surface area contributed by atoms with Crippen molar-refractivity contribution in [3.63, 3.8) is 0 Å². The first-order valence-electron chi connectivity index (χ1n) is 9.97. The molecule has 2 aromatic rings. The van der Waals surface area contributed by atoms with E-state index < -0.39 is 26.3 Å². The highest BCUT2D eigenvalue weighted by atomic mass is 28.3. The molecule has 0 radical (unpaired) electrons. The van der Waals surface area contributed by atoms with E-state index in [1.807, 2.05) is 10.6 Å². The molecule has 1 atom stereocenters. The molecule has 4 rings (SSSR count). The van der Waals surface area contributed by atoms with Crippen LogP contribution < -0.4 is 5.73 Å². The summed E-state index contributed by atoms with van der Waals surface area (Å²) >= 11 is 0. The van der Waals surface area contributed by atoms with Crippen LogP contribution in [0.3, 0.4) is 0 Å². The van der Waals surface area contributed by atoms with Gasteiger partial charge in [0.05, 0.1) is 11.4 Å². The van der Waals surface area contributed by atoms with Gasteiger partial charge < -0.3 is 24.8 Å². The third-order valence-electron chi connectivity index (χ3n) is 5.75. The number of amides is 2. The summed E-state index contributed by atoms with van der Waals surface area (Å²) < 4.78 is 15.5. The Morgan fingerprint density at radius 2 is 2.13 bits per heavy atom. The van der Waals surface area contributed by atoms with E-state index in [-0.39, 0.29) is 12.1 Å². The van der Waals surface area contributed by atoms with E-state index in [0.29, 0.717) is 42.9 Å². The fourth-order valence-corrected chi connectivity index (χ4v) is 4.77. The van der Waals surface area contributed by atoms with E-state index in [9.17, 15) is 19.2 Å². The molecule has 0 aliphatic carbocycles. The average molecular weight is 438 g/mol. The second-order valence-electron chi connectivity index (χ2n) is 7.88. The minimum atomic E-state index is -1.89. The van der Waals surface area contributed by atoms with Crippen molar-refractivity contribution in [3.05, 3.63) is 46.8 Å². The Morgan fingerprint density at radius 3 is 2.77 bits per heavy atom. The number of likely N-dealkylation sites (tertiary alicyclic amines) is 1. The number of hydrogen-bond acceptors (Lipinski definition) is 5. The Hall–Kier alpha value is -3.29. The van der Waals surface area contributed by atoms with Crippen LogP contribution >= 0.6 is 0 Å². The molecule has 0 saturated carbocycles. The quantitative estimate of drug-likeness (QED) is 0.508. The molecule has 1 aromatic carbocycles. The Kier molecular flexibility index (Phi) is 5.24. The number of rotatable bonds is 3. The molecule has 0 spiro atoms. The summed E-state index contributed by atoms with van der Waals surface area (Å²) in [5.74, 6) is 4.57. The molecule has 1 aromatic heterocycles. The number of primary amides is 1. The Bertz CT molecular complexity index is 1160. The molecule has 10 heteroatoms. The number of nitrogens with two attached hydrogens (primary N) is 1. The van der Waals surface area contributed by atoms with Crippen molar-refractivity contribution in [2.75, 3.05) is 20.1 Å². The average Bonchev–Trinajstić information content (AvgIpc) is 3.26.